The van der Waals surface area contributed by atoms with Crippen LogP contribution < -0.4 is 0 Å². The van der Waals surface area contributed by atoms with Gasteiger partial charge in [0, 0.05) is 0 Å². The van der Waals surface area contributed by atoms with E-state index in [1.54, 1.807) is 6.92 Å². The number of aliphatic carboxylic acids is 1. The first kappa shape index (κ1) is 7.77. The Bertz CT molecular complexity index is 172. The summed E-state index contributed by atoms with van der Waals surface area (Å²) in [6, 6.07) is 0. The lowest BCUT2D eigenvalue weighted by molar-refractivity contribution is -0.136. The van der Waals surface area contributed by atoms with E-state index in [1.165, 1.54) is 6.08 Å². The van der Waals surface area contributed by atoms with Crippen LogP contribution in [0.25, 0.3) is 0 Å². The van der Waals surface area contributed by atoms with E-state index >= 15 is 0 Å². The molecule has 0 atom stereocenters. The van der Waals surface area contributed by atoms with Crippen LogP contribution in [-0.2, 0) is 4.79 Å². The first-order valence-corrected chi connectivity index (χ1v) is 2.50. The third-order valence-corrected chi connectivity index (χ3v) is 0.760. The second-order valence-electron chi connectivity index (χ2n) is 1.73. The minimum absolute atomic E-state index is 0.0319. The molecule has 2 heteroatoms. The average molecular weight is 124 g/mol. The fraction of sp³-hybridized carbons (Fsp3) is 0.286. The molecule has 0 saturated carbocycles. The highest BCUT2D eigenvalue weighted by Crippen LogP contribution is 1.96. The highest BCUT2D eigenvalue weighted by molar-refractivity contribution is 5.69. The molecule has 0 rings (SSSR count). The SMILES string of the molecule is C#C/C=C(\C)CC(=O)O. The molecule has 0 aromatic heterocycles. The molecule has 0 amide bonds. The molecule has 1 N–H and O–H groups in total. The van der Waals surface area contributed by atoms with E-state index in [2.05, 4.69) is 5.92 Å². The molecule has 0 spiro atoms. The monoisotopic (exact) mass is 124 g/mol. The Morgan fingerprint density at radius 2 is 2.44 bits per heavy atom. The summed E-state index contributed by atoms with van der Waals surface area (Å²) in [6.07, 6.45) is 6.37. The predicted octanol–water partition coefficient (Wildman–Crippen LogP) is 1.04. The zero-order valence-corrected chi connectivity index (χ0v) is 5.22. The number of carboxylic acids is 1. The lowest BCUT2D eigenvalue weighted by atomic mass is 10.2. The normalized spacial score (nSPS) is 10.4. The number of carboxylic acid groups (broad SMARTS) is 1. The Balaban J connectivity index is 3.80. The molecule has 0 fully saturated rings. The van der Waals surface area contributed by atoms with E-state index in [0.29, 0.717) is 5.57 Å². The Hall–Kier alpha value is -1.23. The van der Waals surface area contributed by atoms with Gasteiger partial charge in [0.05, 0.1) is 6.42 Å². The van der Waals surface area contributed by atoms with Crippen molar-refractivity contribution in [2.45, 2.75) is 13.3 Å². The number of allylic oxidation sites excluding steroid dienone is 1. The van der Waals surface area contributed by atoms with E-state index in [0.717, 1.165) is 0 Å². The molecule has 0 radical (unpaired) electrons. The molecular formula is C7H8O2. The standard InChI is InChI=1S/C7H8O2/c1-3-4-6(2)5-7(8)9/h1,4H,5H2,2H3,(H,8,9)/b6-4+. The van der Waals surface area contributed by atoms with Gasteiger partial charge >= 0.3 is 5.97 Å². The summed E-state index contributed by atoms with van der Waals surface area (Å²) in [5.41, 5.74) is 0.699. The topological polar surface area (TPSA) is 37.3 Å². The van der Waals surface area contributed by atoms with Gasteiger partial charge in [-0.1, -0.05) is 11.5 Å². The van der Waals surface area contributed by atoms with Crippen molar-refractivity contribution in [3.8, 4) is 12.3 Å². The molecule has 0 unspecified atom stereocenters. The average Bonchev–Trinajstić information content (AvgIpc) is 1.63. The van der Waals surface area contributed by atoms with Crippen LogP contribution in [-0.4, -0.2) is 11.1 Å². The summed E-state index contributed by atoms with van der Waals surface area (Å²) in [7, 11) is 0. The van der Waals surface area contributed by atoms with Crippen LogP contribution in [0.5, 0.6) is 0 Å². The molecular weight excluding hydrogens is 116 g/mol. The zero-order valence-electron chi connectivity index (χ0n) is 5.22. The number of hydrogen-bond acceptors (Lipinski definition) is 1. The number of terminal acetylenes is 1. The highest BCUT2D eigenvalue weighted by atomic mass is 16.4. The first-order chi connectivity index (χ1) is 4.16. The van der Waals surface area contributed by atoms with Gasteiger partial charge in [0.2, 0.25) is 0 Å². The Kier molecular flexibility index (Phi) is 3.22. The molecule has 0 aliphatic heterocycles. The Labute approximate surface area is 54.2 Å². The maximum Gasteiger partial charge on any atom is 0.307 e. The molecule has 48 valence electrons. The molecule has 0 aromatic carbocycles. The molecule has 0 heterocycles. The Morgan fingerprint density at radius 1 is 1.89 bits per heavy atom. The van der Waals surface area contributed by atoms with Crippen molar-refractivity contribution in [1.29, 1.82) is 0 Å². The summed E-state index contributed by atoms with van der Waals surface area (Å²) in [5.74, 6) is 1.40. The molecule has 0 bridgehead atoms. The maximum atomic E-state index is 9.98. The van der Waals surface area contributed by atoms with Crippen molar-refractivity contribution in [1.82, 2.24) is 0 Å². The summed E-state index contributed by atoms with van der Waals surface area (Å²) in [5, 5.41) is 8.20. The summed E-state index contributed by atoms with van der Waals surface area (Å²) < 4.78 is 0. The largest absolute Gasteiger partial charge is 0.481 e. The van der Waals surface area contributed by atoms with Gasteiger partial charge in [0.15, 0.2) is 0 Å². The van der Waals surface area contributed by atoms with E-state index in [4.69, 9.17) is 11.5 Å². The molecule has 0 aliphatic rings. The van der Waals surface area contributed by atoms with Crippen molar-refractivity contribution < 1.29 is 9.90 Å². The predicted molar refractivity (Wildman–Crippen MR) is 34.8 cm³/mol. The van der Waals surface area contributed by atoms with Crippen molar-refractivity contribution in [3.63, 3.8) is 0 Å². The maximum absolute atomic E-state index is 9.98. The van der Waals surface area contributed by atoms with Crippen LogP contribution >= 0.6 is 0 Å². The van der Waals surface area contributed by atoms with E-state index < -0.39 is 5.97 Å². The number of rotatable bonds is 2. The molecule has 9 heavy (non-hydrogen) atoms. The second kappa shape index (κ2) is 3.73. The van der Waals surface area contributed by atoms with Crippen molar-refractivity contribution in [3.05, 3.63) is 11.6 Å². The van der Waals surface area contributed by atoms with Gasteiger partial charge < -0.3 is 5.11 Å². The van der Waals surface area contributed by atoms with Gasteiger partial charge in [-0.05, 0) is 13.0 Å². The van der Waals surface area contributed by atoms with Gasteiger partial charge in [0.25, 0.3) is 0 Å². The zero-order chi connectivity index (χ0) is 7.28. The van der Waals surface area contributed by atoms with E-state index in [-0.39, 0.29) is 6.42 Å². The van der Waals surface area contributed by atoms with Crippen molar-refractivity contribution in [2.75, 3.05) is 0 Å². The van der Waals surface area contributed by atoms with Crippen molar-refractivity contribution >= 4 is 5.97 Å². The molecule has 0 saturated heterocycles. The minimum Gasteiger partial charge on any atom is -0.481 e. The van der Waals surface area contributed by atoms with Crippen LogP contribution in [0.2, 0.25) is 0 Å². The fourth-order valence-electron chi connectivity index (χ4n) is 0.432. The summed E-state index contributed by atoms with van der Waals surface area (Å²) >= 11 is 0. The van der Waals surface area contributed by atoms with Gasteiger partial charge in [0.1, 0.15) is 0 Å². The third-order valence-electron chi connectivity index (χ3n) is 0.760. The van der Waals surface area contributed by atoms with Crippen LogP contribution in [0, 0.1) is 12.3 Å². The van der Waals surface area contributed by atoms with Gasteiger partial charge in [-0.2, -0.15) is 0 Å². The van der Waals surface area contributed by atoms with Gasteiger partial charge in [-0.25, -0.2) is 0 Å². The second-order valence-corrected chi connectivity index (χ2v) is 1.73. The summed E-state index contributed by atoms with van der Waals surface area (Å²) in [4.78, 5) is 9.98. The number of hydrogen-bond donors (Lipinski definition) is 1. The van der Waals surface area contributed by atoms with Gasteiger partial charge in [-0.3, -0.25) is 4.79 Å². The summed E-state index contributed by atoms with van der Waals surface area (Å²) in [6.45, 7) is 1.69. The van der Waals surface area contributed by atoms with Gasteiger partial charge in [-0.15, -0.1) is 6.42 Å². The highest BCUT2D eigenvalue weighted by Gasteiger charge is 1.95. The fourth-order valence-corrected chi connectivity index (χ4v) is 0.432. The molecule has 2 nitrogen and oxygen atoms in total. The van der Waals surface area contributed by atoms with E-state index in [1.807, 2.05) is 0 Å². The molecule has 0 aliphatic carbocycles. The quantitative estimate of drug-likeness (QED) is 0.558. The smallest absolute Gasteiger partial charge is 0.307 e. The lowest BCUT2D eigenvalue weighted by Gasteiger charge is -1.89. The number of carbonyl (C=O) groups is 1. The van der Waals surface area contributed by atoms with Crippen LogP contribution in [0.1, 0.15) is 13.3 Å². The van der Waals surface area contributed by atoms with Crippen molar-refractivity contribution in [2.24, 2.45) is 0 Å². The third kappa shape index (κ3) is 4.63. The lowest BCUT2D eigenvalue weighted by Crippen LogP contribution is -1.93. The molecule has 0 aromatic rings. The van der Waals surface area contributed by atoms with E-state index in [9.17, 15) is 4.79 Å². The Morgan fingerprint density at radius 3 is 2.78 bits per heavy atom. The first-order valence-electron chi connectivity index (χ1n) is 2.50. The van der Waals surface area contributed by atoms with Crippen LogP contribution in [0.15, 0.2) is 11.6 Å². The van der Waals surface area contributed by atoms with Crippen LogP contribution in [0.4, 0.5) is 0 Å². The minimum atomic E-state index is -0.848. The van der Waals surface area contributed by atoms with Crippen LogP contribution in [0.3, 0.4) is 0 Å².